The summed E-state index contributed by atoms with van der Waals surface area (Å²) in [7, 11) is 0. The Morgan fingerprint density at radius 3 is 0.720 bits per heavy atom. The number of esters is 3. The van der Waals surface area contributed by atoms with Crippen molar-refractivity contribution < 1.29 is 28.6 Å². The van der Waals surface area contributed by atoms with Crippen molar-refractivity contribution in [3.8, 4) is 0 Å². The maximum atomic E-state index is 13.0. The van der Waals surface area contributed by atoms with E-state index in [1.807, 2.05) is 0 Å². The first-order valence-electron chi connectivity index (χ1n) is 35.6. The number of rotatable bonds is 65. The first-order valence-corrected chi connectivity index (χ1v) is 35.6. The number of carbonyl (C=O) groups excluding carboxylic acids is 3. The summed E-state index contributed by atoms with van der Waals surface area (Å²) >= 11 is 0. The lowest BCUT2D eigenvalue weighted by Crippen LogP contribution is -2.30. The Morgan fingerprint density at radius 1 is 0.244 bits per heavy atom. The molecule has 0 aliphatic rings. The van der Waals surface area contributed by atoms with Gasteiger partial charge in [-0.1, -0.05) is 305 Å². The third kappa shape index (κ3) is 67.4. The van der Waals surface area contributed by atoms with Crippen LogP contribution in [0.5, 0.6) is 0 Å². The molecule has 0 N–H and O–H groups in total. The van der Waals surface area contributed by atoms with Crippen LogP contribution in [0.1, 0.15) is 361 Å². The smallest absolute Gasteiger partial charge is 0.306 e. The molecule has 82 heavy (non-hydrogen) atoms. The van der Waals surface area contributed by atoms with Crippen molar-refractivity contribution in [3.63, 3.8) is 0 Å². The Hall–Kier alpha value is -3.41. The molecular formula is C76H134O6. The molecular weight excluding hydrogens is 1010 g/mol. The minimum absolute atomic E-state index is 0.0798. The second-order valence-corrected chi connectivity index (χ2v) is 23.8. The van der Waals surface area contributed by atoms with Gasteiger partial charge in [0, 0.05) is 19.3 Å². The minimum atomic E-state index is -0.784. The first kappa shape index (κ1) is 78.6. The van der Waals surface area contributed by atoms with Gasteiger partial charge in [0.05, 0.1) is 0 Å². The summed E-state index contributed by atoms with van der Waals surface area (Å²) in [5, 5.41) is 0. The Balaban J connectivity index is 4.26. The molecule has 1 unspecified atom stereocenters. The lowest BCUT2D eigenvalue weighted by atomic mass is 10.0. The molecule has 0 saturated heterocycles. The predicted molar refractivity (Wildman–Crippen MR) is 358 cm³/mol. The van der Waals surface area contributed by atoms with Crippen molar-refractivity contribution >= 4 is 17.9 Å². The largest absolute Gasteiger partial charge is 0.462 e. The van der Waals surface area contributed by atoms with E-state index >= 15 is 0 Å². The molecule has 0 aliphatic heterocycles. The molecule has 0 radical (unpaired) electrons. The summed E-state index contributed by atoms with van der Waals surface area (Å²) in [5.41, 5.74) is 0. The zero-order chi connectivity index (χ0) is 59.2. The fourth-order valence-electron chi connectivity index (χ4n) is 10.2. The SMILES string of the molecule is CCCCC/C=C\CCCCCCCC(=O)OCC(COC(=O)CCCCCCCCCCCCCC/C=C\C/C=C\C/C=C\CCCCCCC)OC(=O)CCCCCCCCCCCC/C=C\C/C=C\C/C=C\CCCCCCC. The Labute approximate surface area is 509 Å². The van der Waals surface area contributed by atoms with Gasteiger partial charge in [0.1, 0.15) is 13.2 Å². The van der Waals surface area contributed by atoms with Crippen LogP contribution in [0.25, 0.3) is 0 Å². The summed E-state index contributed by atoms with van der Waals surface area (Å²) in [6, 6.07) is 0. The zero-order valence-corrected chi connectivity index (χ0v) is 54.5. The van der Waals surface area contributed by atoms with Gasteiger partial charge in [-0.15, -0.1) is 0 Å². The molecule has 0 rings (SSSR count). The van der Waals surface area contributed by atoms with Gasteiger partial charge in [0.2, 0.25) is 0 Å². The predicted octanol–water partition coefficient (Wildman–Crippen LogP) is 24.6. The molecule has 0 aromatic rings. The Morgan fingerprint density at radius 2 is 0.439 bits per heavy atom. The van der Waals surface area contributed by atoms with E-state index in [1.165, 1.54) is 231 Å². The monoisotopic (exact) mass is 1140 g/mol. The van der Waals surface area contributed by atoms with Crippen LogP contribution in [0, 0.1) is 0 Å². The van der Waals surface area contributed by atoms with Crippen molar-refractivity contribution in [3.05, 3.63) is 85.1 Å². The van der Waals surface area contributed by atoms with E-state index in [9.17, 15) is 14.4 Å². The maximum absolute atomic E-state index is 13.0. The van der Waals surface area contributed by atoms with Gasteiger partial charge in [-0.25, -0.2) is 0 Å². The van der Waals surface area contributed by atoms with E-state index in [4.69, 9.17) is 14.2 Å². The van der Waals surface area contributed by atoms with Gasteiger partial charge in [-0.3, -0.25) is 14.4 Å². The zero-order valence-electron chi connectivity index (χ0n) is 54.5. The Kier molecular flexibility index (Phi) is 67.2. The lowest BCUT2D eigenvalue weighted by molar-refractivity contribution is -0.167. The molecule has 6 nitrogen and oxygen atoms in total. The van der Waals surface area contributed by atoms with Gasteiger partial charge >= 0.3 is 17.9 Å². The third-order valence-corrected chi connectivity index (χ3v) is 15.6. The van der Waals surface area contributed by atoms with E-state index in [1.54, 1.807) is 0 Å². The van der Waals surface area contributed by atoms with Crippen LogP contribution in [0.2, 0.25) is 0 Å². The summed E-state index contributed by atoms with van der Waals surface area (Å²) in [4.78, 5) is 38.4. The van der Waals surface area contributed by atoms with Gasteiger partial charge in [-0.2, -0.15) is 0 Å². The minimum Gasteiger partial charge on any atom is -0.462 e. The highest BCUT2D eigenvalue weighted by Gasteiger charge is 2.19. The summed E-state index contributed by atoms with van der Waals surface area (Å²) in [5.74, 6) is -0.879. The molecule has 0 aromatic carbocycles. The standard InChI is InChI=1S/C76H134O6/c1-4-7-10-13-16-19-22-25-27-29-31-33-35-37-38-40-41-43-45-47-49-51-54-57-60-63-66-69-75(78)81-72-73(71-80-74(77)68-65-62-59-56-53-24-21-18-15-12-9-6-3)82-76(79)70-67-64-61-58-55-52-50-48-46-44-42-39-36-34-32-30-28-26-23-20-17-14-11-8-5-2/h18,21-23,25-26,29-32,35-37,39,73H,4-17,19-20,24,27-28,33-34,38,40-72H2,1-3H3/b21-18-,25-22-,26-23-,31-29-,32-30-,37-35-,39-36-. The van der Waals surface area contributed by atoms with Crippen LogP contribution in [-0.4, -0.2) is 37.2 Å². The summed E-state index contributed by atoms with van der Waals surface area (Å²) in [6.45, 7) is 6.62. The molecule has 0 heterocycles. The van der Waals surface area contributed by atoms with Crippen LogP contribution >= 0.6 is 0 Å². The van der Waals surface area contributed by atoms with Crippen molar-refractivity contribution in [2.45, 2.75) is 367 Å². The molecule has 6 heteroatoms. The summed E-state index contributed by atoms with van der Waals surface area (Å²) in [6.07, 6.45) is 93.2. The van der Waals surface area contributed by atoms with Crippen LogP contribution < -0.4 is 0 Å². The molecule has 0 aromatic heterocycles. The van der Waals surface area contributed by atoms with Crippen LogP contribution in [0.15, 0.2) is 85.1 Å². The quantitative estimate of drug-likeness (QED) is 0.0261. The van der Waals surface area contributed by atoms with Gasteiger partial charge < -0.3 is 14.2 Å². The van der Waals surface area contributed by atoms with Crippen LogP contribution in [-0.2, 0) is 28.6 Å². The number of hydrogen-bond donors (Lipinski definition) is 0. The van der Waals surface area contributed by atoms with Crippen molar-refractivity contribution in [1.82, 2.24) is 0 Å². The first-order chi connectivity index (χ1) is 40.5. The van der Waals surface area contributed by atoms with Crippen molar-refractivity contribution in [2.75, 3.05) is 13.2 Å². The second-order valence-electron chi connectivity index (χ2n) is 23.8. The van der Waals surface area contributed by atoms with Gasteiger partial charge in [0.25, 0.3) is 0 Å². The van der Waals surface area contributed by atoms with E-state index < -0.39 is 6.10 Å². The molecule has 1 atom stereocenters. The molecule has 0 amide bonds. The number of allylic oxidation sites excluding steroid dienone is 14. The molecule has 474 valence electrons. The number of carbonyl (C=O) groups is 3. The molecule has 0 bridgehead atoms. The fraction of sp³-hybridized carbons (Fsp3) is 0.776. The maximum Gasteiger partial charge on any atom is 0.306 e. The third-order valence-electron chi connectivity index (χ3n) is 15.6. The van der Waals surface area contributed by atoms with Gasteiger partial charge in [-0.05, 0) is 122 Å². The fourth-order valence-corrected chi connectivity index (χ4v) is 10.2. The van der Waals surface area contributed by atoms with E-state index in [0.717, 1.165) is 89.9 Å². The number of hydrogen-bond acceptors (Lipinski definition) is 6. The topological polar surface area (TPSA) is 78.9 Å². The molecule has 0 fully saturated rings. The molecule has 0 saturated carbocycles. The average Bonchev–Trinajstić information content (AvgIpc) is 3.48. The number of ether oxygens (including phenoxy) is 3. The highest BCUT2D eigenvalue weighted by Crippen LogP contribution is 2.17. The van der Waals surface area contributed by atoms with Gasteiger partial charge in [0.15, 0.2) is 6.10 Å². The molecule has 0 spiro atoms. The number of unbranched alkanes of at least 4 members (excludes halogenated alkanes) is 40. The summed E-state index contributed by atoms with van der Waals surface area (Å²) < 4.78 is 17.0. The van der Waals surface area contributed by atoms with Crippen molar-refractivity contribution in [1.29, 1.82) is 0 Å². The van der Waals surface area contributed by atoms with Crippen LogP contribution in [0.4, 0.5) is 0 Å². The average molecular weight is 1140 g/mol. The highest BCUT2D eigenvalue weighted by molar-refractivity contribution is 5.71. The normalized spacial score (nSPS) is 12.6. The molecule has 0 aliphatic carbocycles. The Bertz CT molecular complexity index is 1550. The van der Waals surface area contributed by atoms with E-state index in [2.05, 4.69) is 106 Å². The highest BCUT2D eigenvalue weighted by atomic mass is 16.6. The van der Waals surface area contributed by atoms with Crippen LogP contribution in [0.3, 0.4) is 0 Å². The lowest BCUT2D eigenvalue weighted by Gasteiger charge is -2.18. The second kappa shape index (κ2) is 70.1. The van der Waals surface area contributed by atoms with E-state index in [0.29, 0.717) is 19.3 Å². The van der Waals surface area contributed by atoms with E-state index in [-0.39, 0.29) is 31.1 Å². The van der Waals surface area contributed by atoms with Crippen molar-refractivity contribution in [2.24, 2.45) is 0 Å².